The SMILES string of the molecule is NCCC(=O)Cc1c(F)cccc1Cl. The Hall–Kier alpha value is -0.930. The van der Waals surface area contributed by atoms with Crippen molar-refractivity contribution < 1.29 is 9.18 Å². The third-order valence-electron chi connectivity index (χ3n) is 1.86. The molecule has 0 aliphatic rings. The monoisotopic (exact) mass is 215 g/mol. The van der Waals surface area contributed by atoms with E-state index in [4.69, 9.17) is 17.3 Å². The van der Waals surface area contributed by atoms with Crippen LogP contribution in [0.2, 0.25) is 5.02 Å². The Kier molecular flexibility index (Phi) is 4.04. The highest BCUT2D eigenvalue weighted by Crippen LogP contribution is 2.19. The molecule has 2 N–H and O–H groups in total. The van der Waals surface area contributed by atoms with Crippen LogP contribution in [0.1, 0.15) is 12.0 Å². The van der Waals surface area contributed by atoms with Crippen molar-refractivity contribution in [3.63, 3.8) is 0 Å². The lowest BCUT2D eigenvalue weighted by Gasteiger charge is -2.04. The summed E-state index contributed by atoms with van der Waals surface area (Å²) in [6.45, 7) is 0.283. The summed E-state index contributed by atoms with van der Waals surface area (Å²) in [6.07, 6.45) is 0.271. The number of hydrogen-bond donors (Lipinski definition) is 1. The summed E-state index contributed by atoms with van der Waals surface area (Å²) in [7, 11) is 0. The molecule has 0 saturated heterocycles. The molecule has 0 heterocycles. The Morgan fingerprint density at radius 2 is 2.21 bits per heavy atom. The van der Waals surface area contributed by atoms with Crippen molar-refractivity contribution in [2.24, 2.45) is 5.73 Å². The standard InChI is InChI=1S/C10H11ClFNO/c11-9-2-1-3-10(12)8(9)6-7(14)4-5-13/h1-3H,4-6,13H2. The normalized spacial score (nSPS) is 10.2. The van der Waals surface area contributed by atoms with Gasteiger partial charge in [-0.05, 0) is 18.7 Å². The summed E-state index contributed by atoms with van der Waals surface area (Å²) >= 11 is 5.75. The molecule has 0 saturated carbocycles. The van der Waals surface area contributed by atoms with E-state index in [1.54, 1.807) is 6.07 Å². The van der Waals surface area contributed by atoms with Gasteiger partial charge in [-0.25, -0.2) is 4.39 Å². The first-order valence-corrected chi connectivity index (χ1v) is 4.67. The largest absolute Gasteiger partial charge is 0.330 e. The van der Waals surface area contributed by atoms with Crippen molar-refractivity contribution in [1.82, 2.24) is 0 Å². The van der Waals surface area contributed by atoms with Crippen LogP contribution in [0.4, 0.5) is 4.39 Å². The van der Waals surface area contributed by atoms with E-state index in [9.17, 15) is 9.18 Å². The number of hydrogen-bond acceptors (Lipinski definition) is 2. The highest BCUT2D eigenvalue weighted by Gasteiger charge is 2.10. The zero-order valence-corrected chi connectivity index (χ0v) is 8.35. The van der Waals surface area contributed by atoms with Crippen LogP contribution in [0.5, 0.6) is 0 Å². The van der Waals surface area contributed by atoms with Gasteiger partial charge in [0, 0.05) is 23.4 Å². The number of Topliss-reactive ketones (excluding diaryl/α,β-unsaturated/α-hetero) is 1. The fourth-order valence-electron chi connectivity index (χ4n) is 1.15. The summed E-state index contributed by atoms with van der Waals surface area (Å²) in [4.78, 5) is 11.2. The van der Waals surface area contributed by atoms with Crippen LogP contribution in [0.3, 0.4) is 0 Å². The second-order valence-corrected chi connectivity index (χ2v) is 3.36. The average molecular weight is 216 g/mol. The number of rotatable bonds is 4. The van der Waals surface area contributed by atoms with E-state index in [2.05, 4.69) is 0 Å². The molecule has 2 nitrogen and oxygen atoms in total. The van der Waals surface area contributed by atoms with E-state index in [0.29, 0.717) is 0 Å². The highest BCUT2D eigenvalue weighted by atomic mass is 35.5. The molecule has 1 rings (SSSR count). The summed E-state index contributed by atoms with van der Waals surface area (Å²) in [5.41, 5.74) is 5.47. The maximum Gasteiger partial charge on any atom is 0.138 e. The lowest BCUT2D eigenvalue weighted by molar-refractivity contribution is -0.118. The second kappa shape index (κ2) is 5.08. The molecule has 1 aromatic carbocycles. The number of nitrogens with two attached hydrogens (primary N) is 1. The van der Waals surface area contributed by atoms with Gasteiger partial charge in [0.05, 0.1) is 0 Å². The van der Waals surface area contributed by atoms with Crippen LogP contribution in [0, 0.1) is 5.82 Å². The summed E-state index contributed by atoms with van der Waals surface area (Å²) < 4.78 is 13.2. The van der Waals surface area contributed by atoms with Gasteiger partial charge in [-0.15, -0.1) is 0 Å². The van der Waals surface area contributed by atoms with Crippen molar-refractivity contribution in [3.05, 3.63) is 34.6 Å². The third kappa shape index (κ3) is 2.79. The van der Waals surface area contributed by atoms with Gasteiger partial charge in [0.25, 0.3) is 0 Å². The van der Waals surface area contributed by atoms with Gasteiger partial charge < -0.3 is 5.73 Å². The van der Waals surface area contributed by atoms with Crippen molar-refractivity contribution in [2.75, 3.05) is 6.54 Å². The maximum absolute atomic E-state index is 13.2. The molecule has 0 amide bonds. The highest BCUT2D eigenvalue weighted by molar-refractivity contribution is 6.31. The molecule has 0 bridgehead atoms. The van der Waals surface area contributed by atoms with Crippen LogP contribution in [-0.2, 0) is 11.2 Å². The number of halogens is 2. The van der Waals surface area contributed by atoms with E-state index in [1.165, 1.54) is 12.1 Å². The van der Waals surface area contributed by atoms with Gasteiger partial charge in [0.15, 0.2) is 0 Å². The number of carbonyl (C=O) groups is 1. The Labute approximate surface area is 86.9 Å². The fourth-order valence-corrected chi connectivity index (χ4v) is 1.38. The van der Waals surface area contributed by atoms with Crippen LogP contribution >= 0.6 is 11.6 Å². The van der Waals surface area contributed by atoms with E-state index in [0.717, 1.165) is 0 Å². The molecule has 4 heteroatoms. The van der Waals surface area contributed by atoms with Crippen LogP contribution in [-0.4, -0.2) is 12.3 Å². The zero-order chi connectivity index (χ0) is 10.6. The zero-order valence-electron chi connectivity index (χ0n) is 7.59. The number of carbonyl (C=O) groups excluding carboxylic acids is 1. The molecule has 0 aliphatic carbocycles. The number of benzene rings is 1. The Bertz CT molecular complexity index is 321. The molecule has 0 atom stereocenters. The fraction of sp³-hybridized carbons (Fsp3) is 0.300. The summed E-state index contributed by atoms with van der Waals surface area (Å²) in [6, 6.07) is 4.36. The minimum atomic E-state index is -0.442. The van der Waals surface area contributed by atoms with Crippen molar-refractivity contribution in [3.8, 4) is 0 Å². The molecule has 0 spiro atoms. The molecule has 0 radical (unpaired) electrons. The Morgan fingerprint density at radius 1 is 1.50 bits per heavy atom. The van der Waals surface area contributed by atoms with Crippen LogP contribution < -0.4 is 5.73 Å². The quantitative estimate of drug-likeness (QED) is 0.834. The minimum Gasteiger partial charge on any atom is -0.330 e. The van der Waals surface area contributed by atoms with Gasteiger partial charge in [-0.1, -0.05) is 17.7 Å². The van der Waals surface area contributed by atoms with Gasteiger partial charge in [0.1, 0.15) is 11.6 Å². The molecule has 0 aromatic heterocycles. The maximum atomic E-state index is 13.2. The topological polar surface area (TPSA) is 43.1 Å². The first-order chi connectivity index (χ1) is 6.65. The predicted molar refractivity (Wildman–Crippen MR) is 53.8 cm³/mol. The van der Waals surface area contributed by atoms with Gasteiger partial charge in [-0.2, -0.15) is 0 Å². The number of ketones is 1. The molecular formula is C10H11ClFNO. The predicted octanol–water partition coefficient (Wildman–Crippen LogP) is 1.94. The summed E-state index contributed by atoms with van der Waals surface area (Å²) in [5, 5.41) is 0.287. The molecule has 0 aliphatic heterocycles. The Balaban J connectivity index is 2.80. The Morgan fingerprint density at radius 3 is 2.79 bits per heavy atom. The van der Waals surface area contributed by atoms with E-state index in [-0.39, 0.29) is 35.8 Å². The smallest absolute Gasteiger partial charge is 0.138 e. The van der Waals surface area contributed by atoms with Gasteiger partial charge in [0.2, 0.25) is 0 Å². The van der Waals surface area contributed by atoms with E-state index < -0.39 is 5.82 Å². The van der Waals surface area contributed by atoms with Crippen molar-refractivity contribution in [1.29, 1.82) is 0 Å². The first-order valence-electron chi connectivity index (χ1n) is 4.30. The lowest BCUT2D eigenvalue weighted by Crippen LogP contribution is -2.11. The van der Waals surface area contributed by atoms with E-state index in [1.807, 2.05) is 0 Å². The minimum absolute atomic E-state index is 0.0166. The van der Waals surface area contributed by atoms with Crippen molar-refractivity contribution in [2.45, 2.75) is 12.8 Å². The third-order valence-corrected chi connectivity index (χ3v) is 2.21. The molecule has 1 aromatic rings. The van der Waals surface area contributed by atoms with E-state index >= 15 is 0 Å². The second-order valence-electron chi connectivity index (χ2n) is 2.95. The lowest BCUT2D eigenvalue weighted by atomic mass is 10.1. The van der Waals surface area contributed by atoms with Gasteiger partial charge in [-0.3, -0.25) is 4.79 Å². The van der Waals surface area contributed by atoms with Crippen molar-refractivity contribution >= 4 is 17.4 Å². The molecule has 14 heavy (non-hydrogen) atoms. The molecule has 76 valence electrons. The molecular weight excluding hydrogens is 205 g/mol. The van der Waals surface area contributed by atoms with Crippen LogP contribution in [0.15, 0.2) is 18.2 Å². The van der Waals surface area contributed by atoms with Crippen LogP contribution in [0.25, 0.3) is 0 Å². The first kappa shape index (κ1) is 11.1. The molecule has 0 fully saturated rings. The van der Waals surface area contributed by atoms with Gasteiger partial charge >= 0.3 is 0 Å². The molecule has 0 unspecified atom stereocenters. The summed E-state index contributed by atoms with van der Waals surface area (Å²) in [5.74, 6) is -0.539. The average Bonchev–Trinajstić information content (AvgIpc) is 2.12.